The quantitative estimate of drug-likeness (QED) is 0.774. The molecule has 2 rings (SSSR count). The molecule has 0 aliphatic heterocycles. The van der Waals surface area contributed by atoms with E-state index in [0.717, 1.165) is 22.2 Å². The van der Waals surface area contributed by atoms with E-state index in [2.05, 4.69) is 37.0 Å². The van der Waals surface area contributed by atoms with Crippen molar-refractivity contribution in [1.82, 2.24) is 4.98 Å². The summed E-state index contributed by atoms with van der Waals surface area (Å²) in [6.45, 7) is 4.29. The zero-order chi connectivity index (χ0) is 11.5. The number of benzene rings is 1. The maximum absolute atomic E-state index is 6.09. The number of nitrogens with two attached hydrogens (primary N) is 1. The number of nitrogen functional groups attached to an aromatic ring is 1. The van der Waals surface area contributed by atoms with Gasteiger partial charge in [-0.05, 0) is 17.5 Å². The highest BCUT2D eigenvalue weighted by molar-refractivity contribution is 5.93. The molecule has 2 N–H and O–H groups in total. The van der Waals surface area contributed by atoms with Gasteiger partial charge in [-0.3, -0.25) is 4.98 Å². The second-order valence-electron chi connectivity index (χ2n) is 4.25. The molecular formula is C14H16N2. The van der Waals surface area contributed by atoms with Gasteiger partial charge in [0.1, 0.15) is 0 Å². The highest BCUT2D eigenvalue weighted by atomic mass is 14.7. The van der Waals surface area contributed by atoms with Gasteiger partial charge in [-0.15, -0.1) is 0 Å². The third-order valence-electron chi connectivity index (χ3n) is 2.51. The summed E-state index contributed by atoms with van der Waals surface area (Å²) in [5.74, 6) is 0.527. The van der Waals surface area contributed by atoms with E-state index in [0.29, 0.717) is 5.92 Å². The van der Waals surface area contributed by atoms with Gasteiger partial charge in [0.25, 0.3) is 0 Å². The smallest absolute Gasteiger partial charge is 0.0937 e. The molecule has 0 atom stereocenters. The average Bonchev–Trinajstić information content (AvgIpc) is 2.28. The Labute approximate surface area is 95.8 Å². The van der Waals surface area contributed by atoms with Crippen LogP contribution in [0.4, 0.5) is 5.69 Å². The number of rotatable bonds is 2. The summed E-state index contributed by atoms with van der Waals surface area (Å²) in [5.41, 5.74) is 8.78. The van der Waals surface area contributed by atoms with Crippen molar-refractivity contribution in [1.29, 1.82) is 0 Å². The third-order valence-corrected chi connectivity index (χ3v) is 2.51. The molecule has 2 nitrogen and oxygen atoms in total. The van der Waals surface area contributed by atoms with Gasteiger partial charge in [-0.2, -0.15) is 0 Å². The molecule has 0 fully saturated rings. The number of allylic oxidation sites excluding steroid dienone is 1. The molecule has 1 heterocycles. The third kappa shape index (κ3) is 2.06. The first kappa shape index (κ1) is 10.7. The van der Waals surface area contributed by atoms with Crippen LogP contribution in [0.15, 0.2) is 36.5 Å². The molecule has 1 aromatic carbocycles. The zero-order valence-electron chi connectivity index (χ0n) is 9.64. The predicted molar refractivity (Wildman–Crippen MR) is 70.0 cm³/mol. The van der Waals surface area contributed by atoms with Gasteiger partial charge in [-0.25, -0.2) is 0 Å². The van der Waals surface area contributed by atoms with Crippen molar-refractivity contribution < 1.29 is 0 Å². The monoisotopic (exact) mass is 212 g/mol. The lowest BCUT2D eigenvalue weighted by molar-refractivity contribution is 0.836. The lowest BCUT2D eigenvalue weighted by Crippen LogP contribution is -1.93. The fraction of sp³-hybridized carbons (Fsp3) is 0.214. The van der Waals surface area contributed by atoms with Crippen molar-refractivity contribution in [3.8, 4) is 0 Å². The standard InChI is InChI=1S/C14H16N2/c1-10(2)5-6-11-7-8-12-4-3-9-16-14(12)13(11)15/h3-10H,15H2,1-2H3/b6-5-. The summed E-state index contributed by atoms with van der Waals surface area (Å²) >= 11 is 0. The Morgan fingerprint density at radius 2 is 2.06 bits per heavy atom. The summed E-state index contributed by atoms with van der Waals surface area (Å²) in [4.78, 5) is 4.31. The van der Waals surface area contributed by atoms with E-state index in [9.17, 15) is 0 Å². The maximum atomic E-state index is 6.09. The SMILES string of the molecule is CC(C)/C=C\c1ccc2cccnc2c1N. The first-order chi connectivity index (χ1) is 7.68. The van der Waals surface area contributed by atoms with Crippen LogP contribution in [0.5, 0.6) is 0 Å². The minimum Gasteiger partial charge on any atom is -0.396 e. The Morgan fingerprint density at radius 3 is 2.81 bits per heavy atom. The minimum absolute atomic E-state index is 0.527. The lowest BCUT2D eigenvalue weighted by Gasteiger charge is -2.05. The highest BCUT2D eigenvalue weighted by Gasteiger charge is 2.02. The first-order valence-electron chi connectivity index (χ1n) is 5.50. The van der Waals surface area contributed by atoms with Crippen molar-refractivity contribution in [3.05, 3.63) is 42.1 Å². The van der Waals surface area contributed by atoms with Gasteiger partial charge in [0.15, 0.2) is 0 Å². The van der Waals surface area contributed by atoms with Crippen LogP contribution in [-0.4, -0.2) is 4.98 Å². The van der Waals surface area contributed by atoms with E-state index >= 15 is 0 Å². The molecule has 2 aromatic rings. The Bertz CT molecular complexity index is 527. The van der Waals surface area contributed by atoms with Crippen LogP contribution in [-0.2, 0) is 0 Å². The average molecular weight is 212 g/mol. The van der Waals surface area contributed by atoms with E-state index in [-0.39, 0.29) is 0 Å². The number of fused-ring (bicyclic) bond motifs is 1. The largest absolute Gasteiger partial charge is 0.396 e. The molecule has 0 aliphatic rings. The highest BCUT2D eigenvalue weighted by Crippen LogP contribution is 2.23. The molecule has 0 aliphatic carbocycles. The summed E-state index contributed by atoms with van der Waals surface area (Å²) in [7, 11) is 0. The van der Waals surface area contributed by atoms with Gasteiger partial charge >= 0.3 is 0 Å². The Morgan fingerprint density at radius 1 is 1.25 bits per heavy atom. The van der Waals surface area contributed by atoms with Crippen molar-refractivity contribution in [2.45, 2.75) is 13.8 Å². The molecule has 0 spiro atoms. The van der Waals surface area contributed by atoms with Crippen LogP contribution in [0.3, 0.4) is 0 Å². The van der Waals surface area contributed by atoms with Crippen molar-refractivity contribution >= 4 is 22.7 Å². The van der Waals surface area contributed by atoms with Crippen LogP contribution in [0, 0.1) is 5.92 Å². The number of aromatic nitrogens is 1. The molecule has 0 unspecified atom stereocenters. The molecule has 0 bridgehead atoms. The molecule has 82 valence electrons. The van der Waals surface area contributed by atoms with E-state index in [1.165, 1.54) is 0 Å². The van der Waals surface area contributed by atoms with Gasteiger partial charge in [0, 0.05) is 11.6 Å². The summed E-state index contributed by atoms with van der Waals surface area (Å²) in [6, 6.07) is 8.04. The van der Waals surface area contributed by atoms with Crippen molar-refractivity contribution in [3.63, 3.8) is 0 Å². The molecule has 0 radical (unpaired) electrons. The molecular weight excluding hydrogens is 196 g/mol. The molecule has 1 aromatic heterocycles. The molecule has 0 saturated carbocycles. The van der Waals surface area contributed by atoms with E-state index in [1.54, 1.807) is 6.20 Å². The molecule has 16 heavy (non-hydrogen) atoms. The number of nitrogens with zero attached hydrogens (tertiary/aromatic N) is 1. The van der Waals surface area contributed by atoms with Gasteiger partial charge in [-0.1, -0.05) is 44.2 Å². The summed E-state index contributed by atoms with van der Waals surface area (Å²) in [6.07, 6.45) is 5.98. The van der Waals surface area contributed by atoms with E-state index < -0.39 is 0 Å². The maximum Gasteiger partial charge on any atom is 0.0937 e. The predicted octanol–water partition coefficient (Wildman–Crippen LogP) is 3.49. The fourth-order valence-corrected chi connectivity index (χ4v) is 1.62. The van der Waals surface area contributed by atoms with Gasteiger partial charge < -0.3 is 5.73 Å². The molecule has 0 saturated heterocycles. The minimum atomic E-state index is 0.527. The van der Waals surface area contributed by atoms with Crippen LogP contribution < -0.4 is 5.73 Å². The Hall–Kier alpha value is -1.83. The van der Waals surface area contributed by atoms with Crippen LogP contribution in [0.1, 0.15) is 19.4 Å². The summed E-state index contributed by atoms with van der Waals surface area (Å²) < 4.78 is 0. The number of hydrogen-bond donors (Lipinski definition) is 1. The van der Waals surface area contributed by atoms with Crippen LogP contribution >= 0.6 is 0 Å². The van der Waals surface area contributed by atoms with Crippen LogP contribution in [0.25, 0.3) is 17.0 Å². The Kier molecular flexibility index (Phi) is 2.91. The second-order valence-corrected chi connectivity index (χ2v) is 4.25. The Balaban J connectivity index is 2.52. The number of pyridine rings is 1. The van der Waals surface area contributed by atoms with Gasteiger partial charge in [0.05, 0.1) is 11.2 Å². The van der Waals surface area contributed by atoms with E-state index in [1.807, 2.05) is 18.2 Å². The molecule has 2 heteroatoms. The zero-order valence-corrected chi connectivity index (χ0v) is 9.64. The number of anilines is 1. The second kappa shape index (κ2) is 4.35. The van der Waals surface area contributed by atoms with Gasteiger partial charge in [0.2, 0.25) is 0 Å². The lowest BCUT2D eigenvalue weighted by atomic mass is 10.1. The van der Waals surface area contributed by atoms with Crippen molar-refractivity contribution in [2.75, 3.05) is 5.73 Å². The van der Waals surface area contributed by atoms with E-state index in [4.69, 9.17) is 5.73 Å². The molecule has 0 amide bonds. The normalized spacial score (nSPS) is 11.7. The topological polar surface area (TPSA) is 38.9 Å². The first-order valence-corrected chi connectivity index (χ1v) is 5.50. The summed E-state index contributed by atoms with van der Waals surface area (Å²) in [5, 5.41) is 1.08. The number of hydrogen-bond acceptors (Lipinski definition) is 2. The fourth-order valence-electron chi connectivity index (χ4n) is 1.62. The van der Waals surface area contributed by atoms with Crippen LogP contribution in [0.2, 0.25) is 0 Å². The van der Waals surface area contributed by atoms with Crippen molar-refractivity contribution in [2.24, 2.45) is 5.92 Å².